The minimum atomic E-state index is -0.971. The van der Waals surface area contributed by atoms with E-state index in [9.17, 15) is 14.7 Å². The number of carboxylic acid groups (broad SMARTS) is 1. The Hall–Kier alpha value is -4.71. The zero-order valence-corrected chi connectivity index (χ0v) is 24.0. The van der Waals surface area contributed by atoms with E-state index in [2.05, 4.69) is 53.5 Å². The van der Waals surface area contributed by atoms with Gasteiger partial charge >= 0.3 is 5.97 Å². The van der Waals surface area contributed by atoms with Gasteiger partial charge in [-0.2, -0.15) is 0 Å². The van der Waals surface area contributed by atoms with Crippen LogP contribution in [0.4, 0.5) is 0 Å². The first-order valence-electron chi connectivity index (χ1n) is 14.5. The number of carbonyl (C=O) groups is 2. The molecular weight excluding hydrogens is 524 g/mol. The van der Waals surface area contributed by atoms with E-state index in [0.717, 1.165) is 30.4 Å². The number of aliphatic carboxylic acids is 1. The third-order valence-electron chi connectivity index (χ3n) is 7.24. The Morgan fingerprint density at radius 2 is 1.55 bits per heavy atom. The smallest absolute Gasteiger partial charge is 0.344 e. The van der Waals surface area contributed by atoms with Gasteiger partial charge in [0, 0.05) is 37.5 Å². The first-order chi connectivity index (χ1) is 20.5. The lowest BCUT2D eigenvalue weighted by atomic mass is 9.88. The van der Waals surface area contributed by atoms with Crippen LogP contribution in [-0.2, 0) is 16.0 Å². The van der Waals surface area contributed by atoms with Crippen LogP contribution in [0.3, 0.4) is 0 Å². The van der Waals surface area contributed by atoms with Crippen LogP contribution < -0.4 is 4.74 Å². The van der Waals surface area contributed by atoms with Crippen molar-refractivity contribution in [1.82, 2.24) is 9.88 Å². The number of carboxylic acids is 1. The summed E-state index contributed by atoms with van der Waals surface area (Å²) in [6, 6.07) is 32.2. The van der Waals surface area contributed by atoms with Gasteiger partial charge in [0.25, 0.3) is 0 Å². The molecule has 1 unspecified atom stereocenters. The molecule has 0 radical (unpaired) electrons. The van der Waals surface area contributed by atoms with Gasteiger partial charge in [-0.15, -0.1) is 0 Å². The van der Waals surface area contributed by atoms with Gasteiger partial charge in [0.05, 0.1) is 0 Å². The Morgan fingerprint density at radius 3 is 2.17 bits per heavy atom. The van der Waals surface area contributed by atoms with Gasteiger partial charge in [-0.05, 0) is 78.3 Å². The molecule has 216 valence electrons. The van der Waals surface area contributed by atoms with E-state index in [1.54, 1.807) is 31.5 Å². The number of nitrogens with zero attached hydrogens (tertiary/aromatic N) is 2. The molecule has 0 spiro atoms. The highest BCUT2D eigenvalue weighted by atomic mass is 16.5. The lowest BCUT2D eigenvalue weighted by Crippen LogP contribution is -2.32. The third-order valence-corrected chi connectivity index (χ3v) is 7.24. The van der Waals surface area contributed by atoms with Gasteiger partial charge in [-0.1, -0.05) is 79.7 Å². The number of aromatic nitrogens is 1. The highest BCUT2D eigenvalue weighted by Crippen LogP contribution is 2.28. The molecule has 0 fully saturated rings. The van der Waals surface area contributed by atoms with Gasteiger partial charge < -0.3 is 14.7 Å². The number of benzene rings is 3. The molecule has 6 nitrogen and oxygen atoms in total. The molecule has 1 N–H and O–H groups in total. The van der Waals surface area contributed by atoms with Crippen molar-refractivity contribution < 1.29 is 19.4 Å². The fraction of sp³-hybridized carbons (Fsp3) is 0.250. The van der Waals surface area contributed by atoms with E-state index in [1.165, 1.54) is 11.1 Å². The third kappa shape index (κ3) is 9.16. The molecule has 0 aliphatic rings. The van der Waals surface area contributed by atoms with Crippen LogP contribution in [-0.4, -0.2) is 46.1 Å². The van der Waals surface area contributed by atoms with Crippen molar-refractivity contribution in [3.8, 4) is 5.75 Å². The second-order valence-corrected chi connectivity index (χ2v) is 10.2. The summed E-state index contributed by atoms with van der Waals surface area (Å²) in [6.07, 6.45) is 8.69. The number of hydrogen-bond donors (Lipinski definition) is 1. The summed E-state index contributed by atoms with van der Waals surface area (Å²) in [5, 5.41) is 9.34. The molecule has 4 rings (SSSR count). The summed E-state index contributed by atoms with van der Waals surface area (Å²) in [7, 11) is 0. The van der Waals surface area contributed by atoms with E-state index < -0.39 is 12.1 Å². The molecule has 1 aromatic heterocycles. The summed E-state index contributed by atoms with van der Waals surface area (Å²) >= 11 is 0. The molecule has 1 atom stereocenters. The normalized spacial score (nSPS) is 11.9. The van der Waals surface area contributed by atoms with Crippen molar-refractivity contribution in [2.24, 2.45) is 0 Å². The van der Waals surface area contributed by atoms with E-state index in [-0.39, 0.29) is 11.8 Å². The van der Waals surface area contributed by atoms with Crippen molar-refractivity contribution in [1.29, 1.82) is 0 Å². The number of carbonyl (C=O) groups excluding carboxylic acids is 1. The second kappa shape index (κ2) is 15.9. The zero-order valence-electron chi connectivity index (χ0n) is 24.0. The van der Waals surface area contributed by atoms with Crippen LogP contribution >= 0.6 is 0 Å². The number of pyridine rings is 1. The SMILES string of the molecule is CCC(Oc1cccc(CCCN(CCC(c2ccccc2)c2ccccc2)C(=O)/C=C/c2ccncc2)c1)C(=O)O. The molecule has 1 heterocycles. The van der Waals surface area contributed by atoms with Crippen molar-refractivity contribution in [2.45, 2.75) is 44.6 Å². The van der Waals surface area contributed by atoms with Crippen molar-refractivity contribution in [3.63, 3.8) is 0 Å². The molecule has 1 amide bonds. The zero-order chi connectivity index (χ0) is 29.6. The predicted molar refractivity (Wildman–Crippen MR) is 166 cm³/mol. The molecular formula is C36H38N2O4. The topological polar surface area (TPSA) is 79.7 Å². The van der Waals surface area contributed by atoms with E-state index in [0.29, 0.717) is 25.3 Å². The molecule has 0 saturated heterocycles. The van der Waals surface area contributed by atoms with Crippen LogP contribution in [0, 0.1) is 0 Å². The Kier molecular flexibility index (Phi) is 11.5. The summed E-state index contributed by atoms with van der Waals surface area (Å²) in [5.74, 6) is -0.290. The van der Waals surface area contributed by atoms with Crippen LogP contribution in [0.2, 0.25) is 0 Å². The fourth-order valence-corrected chi connectivity index (χ4v) is 4.98. The molecule has 0 saturated carbocycles. The van der Waals surface area contributed by atoms with Gasteiger partial charge in [0.1, 0.15) is 5.75 Å². The van der Waals surface area contributed by atoms with E-state index >= 15 is 0 Å². The maximum Gasteiger partial charge on any atom is 0.344 e. The average Bonchev–Trinajstić information content (AvgIpc) is 3.03. The predicted octanol–water partition coefficient (Wildman–Crippen LogP) is 7.02. The van der Waals surface area contributed by atoms with E-state index in [4.69, 9.17) is 4.74 Å². The molecule has 0 aliphatic carbocycles. The Balaban J connectivity index is 1.47. The van der Waals surface area contributed by atoms with Crippen molar-refractivity contribution in [2.75, 3.05) is 13.1 Å². The first-order valence-corrected chi connectivity index (χ1v) is 14.5. The quantitative estimate of drug-likeness (QED) is 0.158. The number of rotatable bonds is 15. The largest absolute Gasteiger partial charge is 0.479 e. The Morgan fingerprint density at radius 1 is 0.881 bits per heavy atom. The van der Waals surface area contributed by atoms with Crippen LogP contribution in [0.25, 0.3) is 6.08 Å². The number of ether oxygens (including phenoxy) is 1. The van der Waals surface area contributed by atoms with Crippen molar-refractivity contribution >= 4 is 18.0 Å². The molecule has 0 bridgehead atoms. The number of aryl methyl sites for hydroxylation is 1. The lowest BCUT2D eigenvalue weighted by Gasteiger charge is -2.25. The minimum absolute atomic E-state index is 0.0315. The van der Waals surface area contributed by atoms with Crippen LogP contribution in [0.5, 0.6) is 5.75 Å². The minimum Gasteiger partial charge on any atom is -0.479 e. The highest BCUT2D eigenvalue weighted by molar-refractivity contribution is 5.91. The number of hydrogen-bond acceptors (Lipinski definition) is 4. The Bertz CT molecular complexity index is 1390. The standard InChI is InChI=1S/C36H38N2O4/c1-2-34(36(40)41)42-32-17-9-11-29(27-32)12-10-25-38(35(39)19-18-28-20-23-37-24-21-28)26-22-33(30-13-5-3-6-14-30)31-15-7-4-8-16-31/h3-9,11,13-21,23-24,27,33-34H,2,10,12,22,25-26H2,1H3,(H,40,41)/b19-18+. The molecule has 3 aromatic carbocycles. The average molecular weight is 563 g/mol. The van der Waals surface area contributed by atoms with Crippen LogP contribution in [0.15, 0.2) is 116 Å². The van der Waals surface area contributed by atoms with Gasteiger partial charge in [0.15, 0.2) is 6.10 Å². The monoisotopic (exact) mass is 562 g/mol. The second-order valence-electron chi connectivity index (χ2n) is 10.2. The highest BCUT2D eigenvalue weighted by Gasteiger charge is 2.19. The van der Waals surface area contributed by atoms with Crippen molar-refractivity contribution in [3.05, 3.63) is 138 Å². The van der Waals surface area contributed by atoms with Gasteiger partial charge in [-0.25, -0.2) is 4.79 Å². The molecule has 6 heteroatoms. The maximum atomic E-state index is 13.5. The Labute approximate surface area is 248 Å². The lowest BCUT2D eigenvalue weighted by molar-refractivity contribution is -0.145. The summed E-state index contributed by atoms with van der Waals surface area (Å²) in [4.78, 5) is 30.8. The van der Waals surface area contributed by atoms with Gasteiger partial charge in [-0.3, -0.25) is 9.78 Å². The molecule has 42 heavy (non-hydrogen) atoms. The summed E-state index contributed by atoms with van der Waals surface area (Å²) in [5.41, 5.74) is 4.42. The van der Waals surface area contributed by atoms with Gasteiger partial charge in [0.2, 0.25) is 5.91 Å². The molecule has 4 aromatic rings. The maximum absolute atomic E-state index is 13.5. The fourth-order valence-electron chi connectivity index (χ4n) is 4.98. The van der Waals surface area contributed by atoms with Crippen LogP contribution in [0.1, 0.15) is 54.4 Å². The molecule has 0 aliphatic heterocycles. The first kappa shape index (κ1) is 30.3. The summed E-state index contributed by atoms with van der Waals surface area (Å²) in [6.45, 7) is 2.99. The summed E-state index contributed by atoms with van der Waals surface area (Å²) < 4.78 is 5.68. The van der Waals surface area contributed by atoms with E-state index in [1.807, 2.05) is 53.4 Å². The number of amides is 1.